The van der Waals surface area contributed by atoms with Gasteiger partial charge >= 0.3 is 0 Å². The molecule has 0 saturated carbocycles. The van der Waals surface area contributed by atoms with Gasteiger partial charge in [0.25, 0.3) is 0 Å². The van der Waals surface area contributed by atoms with E-state index in [9.17, 15) is 0 Å². The lowest BCUT2D eigenvalue weighted by molar-refractivity contribution is 0.468. The zero-order valence-corrected chi connectivity index (χ0v) is 18.5. The van der Waals surface area contributed by atoms with Crippen molar-refractivity contribution >= 4 is 74.4 Å². The third kappa shape index (κ3) is 4.69. The van der Waals surface area contributed by atoms with Crippen molar-refractivity contribution in [2.45, 2.75) is 18.9 Å². The van der Waals surface area contributed by atoms with Gasteiger partial charge in [-0.05, 0) is 61.5 Å². The summed E-state index contributed by atoms with van der Waals surface area (Å²) in [5.74, 6) is 0. The Hall–Kier alpha value is -1.79. The van der Waals surface area contributed by atoms with Crippen LogP contribution in [0.2, 0.25) is 15.1 Å². The first-order valence-electron chi connectivity index (χ1n) is 9.32. The number of benzene rings is 2. The van der Waals surface area contributed by atoms with Crippen LogP contribution in [-0.2, 0) is 0 Å². The van der Waals surface area contributed by atoms with Gasteiger partial charge < -0.3 is 15.5 Å². The van der Waals surface area contributed by atoms with E-state index < -0.39 is 0 Å². The molecule has 0 radical (unpaired) electrons. The molecule has 8 heteroatoms. The molecule has 4 nitrogen and oxygen atoms in total. The molecule has 29 heavy (non-hydrogen) atoms. The van der Waals surface area contributed by atoms with E-state index in [0.717, 1.165) is 36.8 Å². The molecule has 0 atom stereocenters. The molecule has 1 saturated heterocycles. The van der Waals surface area contributed by atoms with Crippen LogP contribution in [0, 0.1) is 0 Å². The van der Waals surface area contributed by atoms with Crippen molar-refractivity contribution in [3.8, 4) is 0 Å². The first-order chi connectivity index (χ1) is 14.0. The Balaban J connectivity index is 1.37. The summed E-state index contributed by atoms with van der Waals surface area (Å²) in [6, 6.07) is 13.7. The Morgan fingerprint density at radius 2 is 1.86 bits per heavy atom. The van der Waals surface area contributed by atoms with Crippen molar-refractivity contribution < 1.29 is 0 Å². The molecule has 0 unspecified atom stereocenters. The predicted molar refractivity (Wildman–Crippen MR) is 128 cm³/mol. The fourth-order valence-electron chi connectivity index (χ4n) is 3.59. The maximum atomic E-state index is 6.22. The Morgan fingerprint density at radius 3 is 2.66 bits per heavy atom. The average molecular weight is 466 g/mol. The smallest absolute Gasteiger partial charge is 0.171 e. The largest absolute Gasteiger partial charge is 0.371 e. The highest BCUT2D eigenvalue weighted by atomic mass is 35.5. The number of thiocarbonyl (C=S) groups is 1. The van der Waals surface area contributed by atoms with Gasteiger partial charge in [0.15, 0.2) is 5.11 Å². The third-order valence-electron chi connectivity index (χ3n) is 5.05. The van der Waals surface area contributed by atoms with Crippen LogP contribution in [0.4, 0.5) is 11.4 Å². The van der Waals surface area contributed by atoms with Gasteiger partial charge in [-0.2, -0.15) is 0 Å². The van der Waals surface area contributed by atoms with Crippen LogP contribution in [0.3, 0.4) is 0 Å². The molecule has 1 aliphatic rings. The lowest BCUT2D eigenvalue weighted by Gasteiger charge is -2.35. The fourth-order valence-corrected chi connectivity index (χ4v) is 4.38. The lowest BCUT2D eigenvalue weighted by atomic mass is 10.0. The van der Waals surface area contributed by atoms with Crippen molar-refractivity contribution in [1.29, 1.82) is 0 Å². The third-order valence-corrected chi connectivity index (χ3v) is 6.33. The van der Waals surface area contributed by atoms with Gasteiger partial charge in [0.2, 0.25) is 0 Å². The van der Waals surface area contributed by atoms with Gasteiger partial charge in [0, 0.05) is 41.4 Å². The standard InChI is InChI=1S/C21H19Cl3N4S/c22-13-4-5-15-18(12-13)25-9-6-19(15)28-10-7-14(8-11-28)26-21(29)27-17-3-1-2-16(23)20(17)24/h1-6,9,12,14H,7-8,10-11H2,(H2,26,27,29). The highest BCUT2D eigenvalue weighted by molar-refractivity contribution is 7.80. The minimum Gasteiger partial charge on any atom is -0.371 e. The molecule has 2 heterocycles. The molecular weight excluding hydrogens is 447 g/mol. The zero-order chi connectivity index (χ0) is 20.4. The highest BCUT2D eigenvalue weighted by Gasteiger charge is 2.21. The van der Waals surface area contributed by atoms with Crippen LogP contribution in [0.5, 0.6) is 0 Å². The summed E-state index contributed by atoms with van der Waals surface area (Å²) in [4.78, 5) is 6.83. The normalized spacial score (nSPS) is 14.8. The van der Waals surface area contributed by atoms with Crippen LogP contribution in [0.15, 0.2) is 48.7 Å². The summed E-state index contributed by atoms with van der Waals surface area (Å²) < 4.78 is 0. The van der Waals surface area contributed by atoms with Crippen molar-refractivity contribution in [1.82, 2.24) is 10.3 Å². The zero-order valence-electron chi connectivity index (χ0n) is 15.5. The molecule has 1 fully saturated rings. The summed E-state index contributed by atoms with van der Waals surface area (Å²) in [6.45, 7) is 1.86. The SMILES string of the molecule is S=C(Nc1cccc(Cl)c1Cl)NC1CCN(c2ccnc3cc(Cl)ccc23)CC1. The number of anilines is 2. The van der Waals surface area contributed by atoms with Crippen LogP contribution in [0.25, 0.3) is 10.9 Å². The van der Waals surface area contributed by atoms with E-state index in [-0.39, 0.29) is 0 Å². The maximum Gasteiger partial charge on any atom is 0.171 e. The molecule has 1 aromatic heterocycles. The van der Waals surface area contributed by atoms with Gasteiger partial charge in [-0.1, -0.05) is 40.9 Å². The number of aromatic nitrogens is 1. The van der Waals surface area contributed by atoms with Crippen LogP contribution in [0.1, 0.15) is 12.8 Å². The van der Waals surface area contributed by atoms with Gasteiger partial charge in [-0.25, -0.2) is 0 Å². The van der Waals surface area contributed by atoms with Crippen molar-refractivity contribution in [2.24, 2.45) is 0 Å². The van der Waals surface area contributed by atoms with Gasteiger partial charge in [-0.15, -0.1) is 0 Å². The number of hydrogen-bond donors (Lipinski definition) is 2. The van der Waals surface area contributed by atoms with Crippen LogP contribution >= 0.6 is 47.0 Å². The number of hydrogen-bond acceptors (Lipinski definition) is 3. The number of nitrogens with one attached hydrogen (secondary N) is 2. The Morgan fingerprint density at radius 1 is 1.07 bits per heavy atom. The Bertz CT molecular complexity index is 1050. The van der Waals surface area contributed by atoms with E-state index in [1.54, 1.807) is 6.07 Å². The molecule has 150 valence electrons. The second-order valence-corrected chi connectivity index (χ2v) is 8.58. The van der Waals surface area contributed by atoms with Crippen LogP contribution < -0.4 is 15.5 Å². The summed E-state index contributed by atoms with van der Waals surface area (Å²) in [5, 5.41) is 9.88. The number of fused-ring (bicyclic) bond motifs is 1. The molecule has 2 N–H and O–H groups in total. The van der Waals surface area contributed by atoms with E-state index in [2.05, 4.69) is 26.6 Å². The Kier molecular flexibility index (Phi) is 6.30. The second kappa shape index (κ2) is 8.92. The van der Waals surface area contributed by atoms with E-state index >= 15 is 0 Å². The molecule has 3 aromatic rings. The molecule has 0 spiro atoms. The van der Waals surface area contributed by atoms with Gasteiger partial charge in [0.1, 0.15) is 0 Å². The summed E-state index contributed by atoms with van der Waals surface area (Å²) in [5.41, 5.74) is 2.81. The molecule has 0 bridgehead atoms. The summed E-state index contributed by atoms with van der Waals surface area (Å²) in [6.07, 6.45) is 3.79. The Labute approximate surface area is 190 Å². The van der Waals surface area contributed by atoms with E-state index in [0.29, 0.717) is 31.9 Å². The van der Waals surface area contributed by atoms with E-state index in [4.69, 9.17) is 47.0 Å². The highest BCUT2D eigenvalue weighted by Crippen LogP contribution is 2.31. The molecule has 2 aromatic carbocycles. The van der Waals surface area contributed by atoms with Crippen LogP contribution in [-0.4, -0.2) is 29.2 Å². The molecular formula is C21H19Cl3N4S. The molecule has 0 aliphatic carbocycles. The minimum atomic E-state index is 0.298. The monoisotopic (exact) mass is 464 g/mol. The fraction of sp³-hybridized carbons (Fsp3) is 0.238. The number of nitrogens with zero attached hydrogens (tertiary/aromatic N) is 2. The van der Waals surface area contributed by atoms with Crippen molar-refractivity contribution in [3.05, 3.63) is 63.7 Å². The van der Waals surface area contributed by atoms with Crippen molar-refractivity contribution in [3.63, 3.8) is 0 Å². The van der Waals surface area contributed by atoms with Crippen molar-refractivity contribution in [2.75, 3.05) is 23.3 Å². The maximum absolute atomic E-state index is 6.22. The quantitative estimate of drug-likeness (QED) is 0.454. The number of pyridine rings is 1. The first-order valence-corrected chi connectivity index (χ1v) is 10.9. The summed E-state index contributed by atoms with van der Waals surface area (Å²) >= 11 is 23.8. The summed E-state index contributed by atoms with van der Waals surface area (Å²) in [7, 11) is 0. The number of rotatable bonds is 3. The molecule has 0 amide bonds. The van der Waals surface area contributed by atoms with E-state index in [1.807, 2.05) is 36.5 Å². The van der Waals surface area contributed by atoms with E-state index in [1.165, 1.54) is 5.69 Å². The average Bonchev–Trinajstić information content (AvgIpc) is 2.71. The first kappa shape index (κ1) is 20.5. The topological polar surface area (TPSA) is 40.2 Å². The number of piperidine rings is 1. The molecule has 4 rings (SSSR count). The minimum absolute atomic E-state index is 0.298. The second-order valence-electron chi connectivity index (χ2n) is 6.95. The number of halogens is 3. The van der Waals surface area contributed by atoms with Gasteiger partial charge in [0.05, 0.1) is 21.2 Å². The predicted octanol–water partition coefficient (Wildman–Crippen LogP) is 6.15. The molecule has 1 aliphatic heterocycles. The lowest BCUT2D eigenvalue weighted by Crippen LogP contribution is -2.46. The van der Waals surface area contributed by atoms with Gasteiger partial charge in [-0.3, -0.25) is 4.98 Å².